The average molecular weight is 393 g/mol. The third-order valence-corrected chi connectivity index (χ3v) is 5.20. The van der Waals surface area contributed by atoms with E-state index in [4.69, 9.17) is 9.26 Å². The van der Waals surface area contributed by atoms with E-state index in [0.29, 0.717) is 45.3 Å². The van der Waals surface area contributed by atoms with Crippen molar-refractivity contribution >= 4 is 11.9 Å². The van der Waals surface area contributed by atoms with Crippen LogP contribution < -0.4 is 5.32 Å². The van der Waals surface area contributed by atoms with Gasteiger partial charge in [-0.15, -0.1) is 0 Å². The quantitative estimate of drug-likeness (QED) is 0.572. The lowest BCUT2D eigenvalue weighted by Crippen LogP contribution is -2.54. The summed E-state index contributed by atoms with van der Waals surface area (Å²) in [6.07, 6.45) is 0. The first-order valence-electron chi connectivity index (χ1n) is 10.1. The van der Waals surface area contributed by atoms with Crippen LogP contribution in [0.15, 0.2) is 15.6 Å². The lowest BCUT2D eigenvalue weighted by molar-refractivity contribution is -0.136. The Kier molecular flexibility index (Phi) is 7.27. The highest BCUT2D eigenvalue weighted by Crippen LogP contribution is 2.14. The molecule has 2 saturated heterocycles. The number of aliphatic imine (C=N–C) groups is 1. The molecule has 1 N–H and O–H groups in total. The molecule has 1 aromatic rings. The number of morpholine rings is 1. The molecule has 2 fully saturated rings. The number of nitrogens with one attached hydrogen (secondary N) is 1. The molecule has 28 heavy (non-hydrogen) atoms. The second kappa shape index (κ2) is 9.88. The summed E-state index contributed by atoms with van der Waals surface area (Å²) in [6, 6.07) is 1.99. The standard InChI is InChI=1S/C19H32N6O3/c1-15(2)17-12-16(28-22-17)13-21-19(20-3)25-6-4-23(5-7-25)14-18(26)24-8-10-27-11-9-24/h12,15H,4-11,13-14H2,1-3H3,(H,20,21). The zero-order chi connectivity index (χ0) is 19.9. The van der Waals surface area contributed by atoms with E-state index in [1.165, 1.54) is 0 Å². The minimum absolute atomic E-state index is 0.200. The molecule has 9 nitrogen and oxygen atoms in total. The van der Waals surface area contributed by atoms with E-state index >= 15 is 0 Å². The summed E-state index contributed by atoms with van der Waals surface area (Å²) in [6.45, 7) is 11.3. The van der Waals surface area contributed by atoms with Crippen LogP contribution >= 0.6 is 0 Å². The summed E-state index contributed by atoms with van der Waals surface area (Å²) < 4.78 is 10.7. The Morgan fingerprint density at radius 2 is 1.89 bits per heavy atom. The Balaban J connectivity index is 1.42. The van der Waals surface area contributed by atoms with Gasteiger partial charge in [-0.2, -0.15) is 0 Å². The van der Waals surface area contributed by atoms with E-state index in [1.54, 1.807) is 7.05 Å². The highest BCUT2D eigenvalue weighted by Gasteiger charge is 2.24. The van der Waals surface area contributed by atoms with Gasteiger partial charge < -0.3 is 24.4 Å². The SMILES string of the molecule is CN=C(NCc1cc(C(C)C)no1)N1CCN(CC(=O)N2CCOCC2)CC1. The summed E-state index contributed by atoms with van der Waals surface area (Å²) in [4.78, 5) is 23.1. The van der Waals surface area contributed by atoms with Gasteiger partial charge in [-0.05, 0) is 5.92 Å². The minimum Gasteiger partial charge on any atom is -0.378 e. The molecule has 0 aromatic carbocycles. The zero-order valence-corrected chi connectivity index (χ0v) is 17.2. The number of guanidine groups is 1. The molecule has 0 atom stereocenters. The maximum atomic E-state index is 12.4. The maximum Gasteiger partial charge on any atom is 0.236 e. The number of aromatic nitrogens is 1. The molecule has 1 amide bonds. The van der Waals surface area contributed by atoms with E-state index < -0.39 is 0 Å². The lowest BCUT2D eigenvalue weighted by Gasteiger charge is -2.37. The zero-order valence-electron chi connectivity index (χ0n) is 17.2. The highest BCUT2D eigenvalue weighted by molar-refractivity contribution is 5.80. The molecular weight excluding hydrogens is 360 g/mol. The van der Waals surface area contributed by atoms with Gasteiger partial charge in [0, 0.05) is 52.4 Å². The van der Waals surface area contributed by atoms with Crippen molar-refractivity contribution in [3.8, 4) is 0 Å². The van der Waals surface area contributed by atoms with Crippen molar-refractivity contribution in [1.29, 1.82) is 0 Å². The fourth-order valence-corrected chi connectivity index (χ4v) is 3.40. The van der Waals surface area contributed by atoms with Crippen molar-refractivity contribution in [2.24, 2.45) is 4.99 Å². The predicted molar refractivity (Wildman–Crippen MR) is 106 cm³/mol. The van der Waals surface area contributed by atoms with Crippen molar-refractivity contribution in [3.63, 3.8) is 0 Å². The number of carbonyl (C=O) groups is 1. The first kappa shape index (κ1) is 20.6. The van der Waals surface area contributed by atoms with Gasteiger partial charge in [0.25, 0.3) is 0 Å². The Morgan fingerprint density at radius 3 is 2.50 bits per heavy atom. The Hall–Kier alpha value is -2.13. The number of rotatable bonds is 5. The van der Waals surface area contributed by atoms with E-state index in [9.17, 15) is 4.79 Å². The van der Waals surface area contributed by atoms with E-state index in [0.717, 1.165) is 43.6 Å². The summed E-state index contributed by atoms with van der Waals surface area (Å²) in [5.41, 5.74) is 0.963. The topological polar surface area (TPSA) is 86.4 Å². The number of ether oxygens (including phenoxy) is 1. The Bertz CT molecular complexity index is 660. The van der Waals surface area contributed by atoms with Crippen molar-refractivity contribution in [1.82, 2.24) is 25.2 Å². The van der Waals surface area contributed by atoms with Crippen LogP contribution in [0.25, 0.3) is 0 Å². The number of amides is 1. The molecular formula is C19H32N6O3. The van der Waals surface area contributed by atoms with Gasteiger partial charge >= 0.3 is 0 Å². The first-order valence-corrected chi connectivity index (χ1v) is 10.1. The van der Waals surface area contributed by atoms with Gasteiger partial charge in [-0.1, -0.05) is 19.0 Å². The third-order valence-electron chi connectivity index (χ3n) is 5.20. The van der Waals surface area contributed by atoms with Crippen LogP contribution in [0.4, 0.5) is 0 Å². The van der Waals surface area contributed by atoms with Crippen LogP contribution in [-0.4, -0.2) is 97.8 Å². The van der Waals surface area contributed by atoms with E-state index in [2.05, 4.69) is 39.1 Å². The van der Waals surface area contributed by atoms with Crippen molar-refractivity contribution in [2.45, 2.75) is 26.3 Å². The minimum atomic E-state index is 0.200. The number of carbonyl (C=O) groups excluding carboxylic acids is 1. The van der Waals surface area contributed by atoms with Crippen molar-refractivity contribution in [3.05, 3.63) is 17.5 Å². The summed E-state index contributed by atoms with van der Waals surface area (Å²) >= 11 is 0. The lowest BCUT2D eigenvalue weighted by atomic mass is 10.1. The molecule has 0 aliphatic carbocycles. The molecule has 0 bridgehead atoms. The molecule has 0 saturated carbocycles. The maximum absolute atomic E-state index is 12.4. The van der Waals surface area contributed by atoms with Crippen LogP contribution in [0.5, 0.6) is 0 Å². The largest absolute Gasteiger partial charge is 0.378 e. The van der Waals surface area contributed by atoms with Gasteiger partial charge in [0.2, 0.25) is 5.91 Å². The molecule has 0 radical (unpaired) electrons. The summed E-state index contributed by atoms with van der Waals surface area (Å²) in [5, 5.41) is 7.44. The molecule has 0 unspecified atom stereocenters. The number of nitrogens with zero attached hydrogens (tertiary/aromatic N) is 5. The van der Waals surface area contributed by atoms with Crippen LogP contribution in [0.1, 0.15) is 31.2 Å². The molecule has 3 heterocycles. The smallest absolute Gasteiger partial charge is 0.236 e. The molecule has 156 valence electrons. The monoisotopic (exact) mass is 392 g/mol. The molecule has 9 heteroatoms. The Morgan fingerprint density at radius 1 is 1.18 bits per heavy atom. The second-order valence-corrected chi connectivity index (χ2v) is 7.53. The summed E-state index contributed by atoms with van der Waals surface area (Å²) in [5.74, 6) is 2.21. The fourth-order valence-electron chi connectivity index (χ4n) is 3.40. The normalized spacial score (nSPS) is 19.4. The summed E-state index contributed by atoms with van der Waals surface area (Å²) in [7, 11) is 1.79. The van der Waals surface area contributed by atoms with Gasteiger partial charge in [0.15, 0.2) is 11.7 Å². The van der Waals surface area contributed by atoms with Crippen LogP contribution in [-0.2, 0) is 16.1 Å². The third kappa shape index (κ3) is 5.45. The molecule has 2 aliphatic rings. The van der Waals surface area contributed by atoms with E-state index in [1.807, 2.05) is 11.0 Å². The van der Waals surface area contributed by atoms with Crippen molar-refractivity contribution < 1.29 is 14.1 Å². The molecule has 0 spiro atoms. The second-order valence-electron chi connectivity index (χ2n) is 7.53. The highest BCUT2D eigenvalue weighted by atomic mass is 16.5. The van der Waals surface area contributed by atoms with Crippen LogP contribution in [0, 0.1) is 0 Å². The van der Waals surface area contributed by atoms with Gasteiger partial charge in [0.05, 0.1) is 32.0 Å². The first-order chi connectivity index (χ1) is 13.6. The van der Waals surface area contributed by atoms with E-state index in [-0.39, 0.29) is 5.91 Å². The van der Waals surface area contributed by atoms with Crippen molar-refractivity contribution in [2.75, 3.05) is 66.1 Å². The molecule has 3 rings (SSSR count). The average Bonchev–Trinajstić information content (AvgIpc) is 3.20. The fraction of sp³-hybridized carbons (Fsp3) is 0.737. The van der Waals surface area contributed by atoms with Gasteiger partial charge in [-0.3, -0.25) is 14.7 Å². The Labute approximate surface area is 166 Å². The predicted octanol–water partition coefficient (Wildman–Crippen LogP) is 0.350. The van der Waals surface area contributed by atoms with Gasteiger partial charge in [-0.25, -0.2) is 0 Å². The molecule has 1 aromatic heterocycles. The van der Waals surface area contributed by atoms with Crippen LogP contribution in [0.2, 0.25) is 0 Å². The number of hydrogen-bond acceptors (Lipinski definition) is 6. The molecule has 2 aliphatic heterocycles. The number of piperazine rings is 1. The van der Waals surface area contributed by atoms with Gasteiger partial charge in [0.1, 0.15) is 0 Å². The van der Waals surface area contributed by atoms with Crippen LogP contribution in [0.3, 0.4) is 0 Å². The number of hydrogen-bond donors (Lipinski definition) is 1.